The van der Waals surface area contributed by atoms with Crippen LogP contribution in [0.15, 0.2) is 52.9 Å². The summed E-state index contributed by atoms with van der Waals surface area (Å²) in [4.78, 5) is 32.2. The molecule has 0 fully saturated rings. The molecule has 1 aromatic carbocycles. The van der Waals surface area contributed by atoms with Gasteiger partial charge in [-0.1, -0.05) is 104 Å². The maximum Gasteiger partial charge on any atom is 0.305 e. The van der Waals surface area contributed by atoms with Crippen molar-refractivity contribution in [3.63, 3.8) is 0 Å². The molecular weight excluding hydrogens is 739 g/mol. The van der Waals surface area contributed by atoms with Crippen LogP contribution in [0.2, 0.25) is 36.3 Å². The maximum absolute atomic E-state index is 15.3. The SMILES string of the molecule is CC(=CC[C@H](O)C(C)=Cc1csc(C)n1)CCC[C@H](C)[C@H](O[Si](C)(C)C(C)(C)C)[C@@H](Cc1ccccc1)C(=O)C(C)(C)[C@H](CC(=O)O)O[Si](C)(C)C(C)(C)C. The quantitative estimate of drug-likeness (QED) is 0.0955. The third-order valence-electron chi connectivity index (χ3n) is 12.3. The van der Waals surface area contributed by atoms with Crippen molar-refractivity contribution in [1.82, 2.24) is 4.98 Å². The third kappa shape index (κ3) is 14.6. The van der Waals surface area contributed by atoms with Gasteiger partial charge in [0.1, 0.15) is 5.78 Å². The third-order valence-corrected chi connectivity index (χ3v) is 22.1. The summed E-state index contributed by atoms with van der Waals surface area (Å²) in [6, 6.07) is 10.1. The highest BCUT2D eigenvalue weighted by Gasteiger charge is 2.51. The molecule has 0 aliphatic heterocycles. The fourth-order valence-corrected chi connectivity index (χ4v) is 9.80. The Bertz CT molecular complexity index is 1600. The molecule has 0 spiro atoms. The Morgan fingerprint density at radius 1 is 0.927 bits per heavy atom. The van der Waals surface area contributed by atoms with E-state index in [9.17, 15) is 15.0 Å². The topological polar surface area (TPSA) is 106 Å². The Balaban J connectivity index is 2.49. The van der Waals surface area contributed by atoms with Gasteiger partial charge in [-0.3, -0.25) is 9.59 Å². The molecule has 0 unspecified atom stereocenters. The average molecular weight is 814 g/mol. The number of carbonyl (C=O) groups excluding carboxylic acids is 1. The summed E-state index contributed by atoms with van der Waals surface area (Å²) in [5.41, 5.74) is 2.97. The van der Waals surface area contributed by atoms with E-state index < -0.39 is 46.1 Å². The summed E-state index contributed by atoms with van der Waals surface area (Å²) in [6.45, 7) is 33.9. The molecule has 310 valence electrons. The second kappa shape index (κ2) is 20.0. The zero-order valence-electron chi connectivity index (χ0n) is 37.1. The number of aromatic nitrogens is 1. The van der Waals surface area contributed by atoms with Crippen molar-refractivity contribution in [1.29, 1.82) is 0 Å². The number of allylic oxidation sites excluding steroid dienone is 1. The fourth-order valence-electron chi connectivity index (χ4n) is 6.35. The largest absolute Gasteiger partial charge is 0.481 e. The van der Waals surface area contributed by atoms with Crippen LogP contribution < -0.4 is 0 Å². The molecule has 5 atom stereocenters. The van der Waals surface area contributed by atoms with Gasteiger partial charge in [0.15, 0.2) is 16.6 Å². The van der Waals surface area contributed by atoms with Crippen molar-refractivity contribution >= 4 is 45.8 Å². The number of aliphatic carboxylic acids is 1. The number of hydrogen-bond donors (Lipinski definition) is 2. The Labute approximate surface area is 340 Å². The number of carbonyl (C=O) groups is 2. The van der Waals surface area contributed by atoms with Crippen LogP contribution in [0.3, 0.4) is 0 Å². The summed E-state index contributed by atoms with van der Waals surface area (Å²) < 4.78 is 14.2. The van der Waals surface area contributed by atoms with Crippen molar-refractivity contribution in [2.75, 3.05) is 0 Å². The fraction of sp³-hybridized carbons (Fsp3) is 0.667. The minimum absolute atomic E-state index is 0.00169. The number of benzene rings is 1. The number of nitrogens with zero attached hydrogens (tertiary/aromatic N) is 1. The lowest BCUT2D eigenvalue weighted by Crippen LogP contribution is -2.55. The van der Waals surface area contributed by atoms with Crippen molar-refractivity contribution in [3.8, 4) is 0 Å². The van der Waals surface area contributed by atoms with Gasteiger partial charge in [0, 0.05) is 16.7 Å². The second-order valence-electron chi connectivity index (χ2n) is 19.5. The second-order valence-corrected chi connectivity index (χ2v) is 30.1. The predicted molar refractivity (Wildman–Crippen MR) is 237 cm³/mol. The summed E-state index contributed by atoms with van der Waals surface area (Å²) in [5, 5.41) is 23.8. The monoisotopic (exact) mass is 813 g/mol. The average Bonchev–Trinajstić information content (AvgIpc) is 3.47. The van der Waals surface area contributed by atoms with Gasteiger partial charge in [0.05, 0.1) is 35.4 Å². The van der Waals surface area contributed by atoms with Crippen LogP contribution in [0.5, 0.6) is 0 Å². The first-order valence-electron chi connectivity index (χ1n) is 20.2. The van der Waals surface area contributed by atoms with Gasteiger partial charge < -0.3 is 19.1 Å². The Hall–Kier alpha value is -2.22. The number of hydrogen-bond acceptors (Lipinski definition) is 7. The van der Waals surface area contributed by atoms with Crippen LogP contribution in [0.4, 0.5) is 0 Å². The van der Waals surface area contributed by atoms with Gasteiger partial charge in [0.2, 0.25) is 0 Å². The van der Waals surface area contributed by atoms with Crippen molar-refractivity contribution < 1.29 is 28.7 Å². The van der Waals surface area contributed by atoms with Crippen LogP contribution >= 0.6 is 11.3 Å². The van der Waals surface area contributed by atoms with Crippen LogP contribution in [0, 0.1) is 24.2 Å². The molecule has 2 aromatic rings. The lowest BCUT2D eigenvalue weighted by molar-refractivity contribution is -0.146. The molecule has 0 saturated carbocycles. The van der Waals surface area contributed by atoms with E-state index >= 15 is 4.79 Å². The van der Waals surface area contributed by atoms with Gasteiger partial charge in [-0.15, -0.1) is 11.3 Å². The van der Waals surface area contributed by atoms with Crippen LogP contribution in [-0.2, 0) is 24.9 Å². The van der Waals surface area contributed by atoms with E-state index in [-0.39, 0.29) is 34.3 Å². The van der Waals surface area contributed by atoms with E-state index in [0.29, 0.717) is 12.8 Å². The van der Waals surface area contributed by atoms with Gasteiger partial charge >= 0.3 is 5.97 Å². The predicted octanol–water partition coefficient (Wildman–Crippen LogP) is 12.1. The molecule has 0 saturated heterocycles. The summed E-state index contributed by atoms with van der Waals surface area (Å²) in [6.07, 6.45) is 5.80. The van der Waals surface area contributed by atoms with E-state index in [1.54, 1.807) is 11.3 Å². The van der Waals surface area contributed by atoms with Crippen LogP contribution in [0.25, 0.3) is 6.08 Å². The Morgan fingerprint density at radius 2 is 1.49 bits per heavy atom. The van der Waals surface area contributed by atoms with Gasteiger partial charge in [-0.2, -0.15) is 0 Å². The maximum atomic E-state index is 15.3. The van der Waals surface area contributed by atoms with Crippen molar-refractivity contribution in [3.05, 3.63) is 69.2 Å². The number of ketones is 1. The molecule has 2 rings (SSSR count). The van der Waals surface area contributed by atoms with E-state index in [4.69, 9.17) is 8.85 Å². The number of thiazole rings is 1. The zero-order valence-corrected chi connectivity index (χ0v) is 39.9. The highest BCUT2D eigenvalue weighted by atomic mass is 32.1. The van der Waals surface area contributed by atoms with E-state index in [1.165, 1.54) is 5.57 Å². The van der Waals surface area contributed by atoms with E-state index in [2.05, 4.69) is 105 Å². The normalized spacial score (nSPS) is 16.7. The summed E-state index contributed by atoms with van der Waals surface area (Å²) in [7, 11) is -4.82. The van der Waals surface area contributed by atoms with Crippen LogP contribution in [-0.4, -0.2) is 61.9 Å². The minimum atomic E-state index is -2.44. The van der Waals surface area contributed by atoms with Gasteiger partial charge in [0.25, 0.3) is 0 Å². The summed E-state index contributed by atoms with van der Waals surface area (Å²) >= 11 is 1.60. The first-order chi connectivity index (χ1) is 25.1. The number of rotatable bonds is 21. The number of carboxylic acid groups (broad SMARTS) is 1. The lowest BCUT2D eigenvalue weighted by atomic mass is 9.70. The Kier molecular flexibility index (Phi) is 17.8. The number of Topliss-reactive ketones (excluding diaryl/α,β-unsaturated/α-hetero) is 1. The molecule has 55 heavy (non-hydrogen) atoms. The first-order valence-corrected chi connectivity index (χ1v) is 26.9. The van der Waals surface area contributed by atoms with Crippen molar-refractivity contribution in [2.45, 2.75) is 176 Å². The molecule has 0 aliphatic rings. The van der Waals surface area contributed by atoms with Crippen molar-refractivity contribution in [2.24, 2.45) is 17.3 Å². The number of aliphatic hydroxyl groups excluding tert-OH is 1. The molecule has 2 N–H and O–H groups in total. The first kappa shape index (κ1) is 48.9. The minimum Gasteiger partial charge on any atom is -0.481 e. The highest BCUT2D eigenvalue weighted by molar-refractivity contribution is 7.09. The van der Waals surface area contributed by atoms with Gasteiger partial charge in [-0.25, -0.2) is 4.98 Å². The van der Waals surface area contributed by atoms with E-state index in [1.807, 2.05) is 57.4 Å². The molecule has 0 amide bonds. The van der Waals surface area contributed by atoms with Gasteiger partial charge in [-0.05, 0) is 112 Å². The zero-order chi connectivity index (χ0) is 42.2. The lowest BCUT2D eigenvalue weighted by Gasteiger charge is -2.47. The molecular formula is C45H75NO6SSi2. The highest BCUT2D eigenvalue weighted by Crippen LogP contribution is 2.45. The molecule has 10 heteroatoms. The molecule has 1 heterocycles. The number of carboxylic acids is 1. The standard InChI is InChI=1S/C45H75NO6SSi2/c1-31(25-26-38(47)33(3)27-36-30-53-34(4)46-36)21-20-22-32(2)41(52-55(15,16)44(8,9)10)37(28-35-23-18-17-19-24-35)42(50)45(11,12)39(29-40(48)49)51-54(13,14)43(5,6)7/h17-19,23-25,27,30,32,37-39,41,47H,20-22,26,28-29H2,1-16H3,(H,48,49)/t32-,37+,38-,39-,41-/m0/s1. The van der Waals surface area contributed by atoms with E-state index in [0.717, 1.165) is 41.1 Å². The number of aliphatic hydroxyl groups is 1. The molecule has 0 aliphatic carbocycles. The molecule has 0 bridgehead atoms. The number of aryl methyl sites for hydroxylation is 1. The Morgan fingerprint density at radius 3 is 2.00 bits per heavy atom. The summed E-state index contributed by atoms with van der Waals surface area (Å²) in [5.74, 6) is -1.43. The smallest absolute Gasteiger partial charge is 0.305 e. The molecule has 1 aromatic heterocycles. The molecule has 7 nitrogen and oxygen atoms in total. The van der Waals surface area contributed by atoms with Crippen LogP contribution in [0.1, 0.15) is 125 Å². The molecule has 0 radical (unpaired) electrons.